The molecule has 5 N–H and O–H groups in total. The molecular weight excluding hydrogens is 416 g/mol. The quantitative estimate of drug-likeness (QED) is 0.185. The zero-order valence-corrected chi connectivity index (χ0v) is 19.7. The Morgan fingerprint density at radius 1 is 0.812 bits per heavy atom. The first kappa shape index (κ1) is 29.3. The van der Waals surface area contributed by atoms with Crippen LogP contribution >= 0.6 is 0 Å². The summed E-state index contributed by atoms with van der Waals surface area (Å²) < 4.78 is 11.4. The summed E-state index contributed by atoms with van der Waals surface area (Å²) >= 11 is 0. The third-order valence-corrected chi connectivity index (χ3v) is 6.22. The summed E-state index contributed by atoms with van der Waals surface area (Å²) in [5, 5.41) is 48.3. The van der Waals surface area contributed by atoms with Gasteiger partial charge < -0.3 is 35.0 Å². The first-order valence-corrected chi connectivity index (χ1v) is 12.6. The van der Waals surface area contributed by atoms with Gasteiger partial charge in [0.05, 0.1) is 12.7 Å². The summed E-state index contributed by atoms with van der Waals surface area (Å²) in [7, 11) is 0. The first-order chi connectivity index (χ1) is 15.4. The highest BCUT2D eigenvalue weighted by atomic mass is 16.7. The lowest BCUT2D eigenvalue weighted by Crippen LogP contribution is -2.59. The van der Waals surface area contributed by atoms with Crippen LogP contribution in [-0.2, 0) is 14.3 Å². The second-order valence-electron chi connectivity index (χ2n) is 9.07. The summed E-state index contributed by atoms with van der Waals surface area (Å²) in [6.45, 7) is 1.73. The van der Waals surface area contributed by atoms with Crippen LogP contribution < -0.4 is 0 Å². The molecule has 0 aromatic heterocycles. The summed E-state index contributed by atoms with van der Waals surface area (Å²) in [6, 6.07) is 0. The number of unbranched alkanes of at least 4 members (excludes halogenated alkanes) is 10. The third kappa shape index (κ3) is 11.9. The summed E-state index contributed by atoms with van der Waals surface area (Å²) in [5.74, 6) is -0.828. The number of ether oxygens (including phenoxy) is 2. The van der Waals surface area contributed by atoms with Crippen molar-refractivity contribution in [3.63, 3.8) is 0 Å². The number of rotatable bonds is 19. The number of aliphatic carboxylic acids is 1. The average Bonchev–Trinajstić information content (AvgIpc) is 2.77. The molecule has 0 bridgehead atoms. The maximum Gasteiger partial charge on any atom is 0.303 e. The molecule has 1 aliphatic heterocycles. The Balaban J connectivity index is 2.41. The second-order valence-corrected chi connectivity index (χ2v) is 9.07. The van der Waals surface area contributed by atoms with E-state index in [0.717, 1.165) is 19.3 Å². The number of hydrogen-bond acceptors (Lipinski definition) is 7. The molecule has 0 aromatic carbocycles. The van der Waals surface area contributed by atoms with E-state index in [4.69, 9.17) is 14.6 Å². The minimum absolute atomic E-state index is 0.102. The van der Waals surface area contributed by atoms with Crippen LogP contribution in [0.25, 0.3) is 0 Å². The van der Waals surface area contributed by atoms with Crippen LogP contribution in [0, 0.1) is 0 Å². The lowest BCUT2D eigenvalue weighted by atomic mass is 9.98. The Morgan fingerprint density at radius 2 is 1.34 bits per heavy atom. The van der Waals surface area contributed by atoms with Crippen LogP contribution in [-0.4, -0.2) is 74.9 Å². The molecule has 1 rings (SSSR count). The van der Waals surface area contributed by atoms with Crippen LogP contribution in [0.1, 0.15) is 103 Å². The number of carboxylic acid groups (broad SMARTS) is 1. The largest absolute Gasteiger partial charge is 0.481 e. The van der Waals surface area contributed by atoms with E-state index >= 15 is 0 Å². The van der Waals surface area contributed by atoms with Crippen molar-refractivity contribution >= 4 is 5.97 Å². The Morgan fingerprint density at radius 3 is 1.88 bits per heavy atom. The third-order valence-electron chi connectivity index (χ3n) is 6.22. The lowest BCUT2D eigenvalue weighted by Gasteiger charge is -2.41. The van der Waals surface area contributed by atoms with Crippen molar-refractivity contribution in [3.05, 3.63) is 0 Å². The van der Waals surface area contributed by atoms with Crippen LogP contribution in [0.15, 0.2) is 0 Å². The highest BCUT2D eigenvalue weighted by Gasteiger charge is 2.44. The van der Waals surface area contributed by atoms with Gasteiger partial charge in [-0.15, -0.1) is 0 Å². The Bertz CT molecular complexity index is 473. The van der Waals surface area contributed by atoms with E-state index in [1.807, 2.05) is 0 Å². The van der Waals surface area contributed by atoms with Crippen LogP contribution in [0.2, 0.25) is 0 Å². The Labute approximate surface area is 192 Å². The summed E-state index contributed by atoms with van der Waals surface area (Å²) in [5.41, 5.74) is 0. The van der Waals surface area contributed by atoms with Crippen LogP contribution in [0.3, 0.4) is 0 Å². The fraction of sp³-hybridized carbons (Fsp3) is 0.958. The van der Waals surface area contributed by atoms with Gasteiger partial charge in [-0.25, -0.2) is 0 Å². The summed E-state index contributed by atoms with van der Waals surface area (Å²) in [4.78, 5) is 10.8. The van der Waals surface area contributed by atoms with Crippen molar-refractivity contribution in [3.8, 4) is 0 Å². The summed E-state index contributed by atoms with van der Waals surface area (Å²) in [6.07, 6.45) is 8.25. The highest BCUT2D eigenvalue weighted by Crippen LogP contribution is 2.26. The topological polar surface area (TPSA) is 137 Å². The Kier molecular flexibility index (Phi) is 16.2. The van der Waals surface area contributed by atoms with E-state index < -0.39 is 43.3 Å². The van der Waals surface area contributed by atoms with Gasteiger partial charge in [-0.3, -0.25) is 4.79 Å². The molecular formula is C24H46O8. The molecule has 0 aromatic rings. The molecule has 0 aliphatic carbocycles. The molecule has 1 saturated heterocycles. The van der Waals surface area contributed by atoms with Crippen molar-refractivity contribution < 1.29 is 39.8 Å². The number of carbonyl (C=O) groups is 1. The van der Waals surface area contributed by atoms with E-state index in [2.05, 4.69) is 6.92 Å². The Hall–Kier alpha value is -0.770. The standard InChI is InChI=1S/C24H46O8/c1-2-3-4-5-6-7-8-9-10-11-14-18(15-12-13-16-20(26)27)31-24-23(30)22(29)21(28)19(17-25)32-24/h18-19,21-25,28-30H,2-17H2,1H3,(H,26,27). The molecule has 0 spiro atoms. The number of aliphatic hydroxyl groups is 4. The molecule has 32 heavy (non-hydrogen) atoms. The fourth-order valence-electron chi connectivity index (χ4n) is 4.16. The van der Waals surface area contributed by atoms with Gasteiger partial charge in [0.1, 0.15) is 24.4 Å². The minimum Gasteiger partial charge on any atom is -0.481 e. The molecule has 0 radical (unpaired) electrons. The lowest BCUT2D eigenvalue weighted by molar-refractivity contribution is -0.312. The predicted octanol–water partition coefficient (Wildman–Crippen LogP) is 3.13. The van der Waals surface area contributed by atoms with Gasteiger partial charge >= 0.3 is 5.97 Å². The molecule has 1 aliphatic rings. The maximum absolute atomic E-state index is 10.8. The van der Waals surface area contributed by atoms with Crippen molar-refractivity contribution in [2.45, 2.75) is 140 Å². The van der Waals surface area contributed by atoms with Crippen LogP contribution in [0.4, 0.5) is 0 Å². The van der Waals surface area contributed by atoms with Crippen molar-refractivity contribution in [2.75, 3.05) is 6.61 Å². The molecule has 1 heterocycles. The van der Waals surface area contributed by atoms with Crippen molar-refractivity contribution in [2.24, 2.45) is 0 Å². The van der Waals surface area contributed by atoms with Gasteiger partial charge in [-0.1, -0.05) is 77.6 Å². The molecule has 0 amide bonds. The molecule has 190 valence electrons. The zero-order chi connectivity index (χ0) is 23.8. The number of carboxylic acids is 1. The second kappa shape index (κ2) is 17.7. The van der Waals surface area contributed by atoms with Gasteiger partial charge in [-0.05, 0) is 19.3 Å². The predicted molar refractivity (Wildman–Crippen MR) is 121 cm³/mol. The normalized spacial score (nSPS) is 26.8. The molecule has 0 saturated carbocycles. The highest BCUT2D eigenvalue weighted by molar-refractivity contribution is 5.66. The van der Waals surface area contributed by atoms with E-state index in [9.17, 15) is 25.2 Å². The van der Waals surface area contributed by atoms with Gasteiger partial charge in [0.15, 0.2) is 6.29 Å². The van der Waals surface area contributed by atoms with Gasteiger partial charge in [0.2, 0.25) is 0 Å². The SMILES string of the molecule is CCCCCCCCCCCCC(CCCCC(=O)O)OC1OC(CO)C(O)C(O)C1O. The zero-order valence-electron chi connectivity index (χ0n) is 19.7. The molecule has 6 atom stereocenters. The smallest absolute Gasteiger partial charge is 0.303 e. The first-order valence-electron chi connectivity index (χ1n) is 12.6. The number of aliphatic hydroxyl groups excluding tert-OH is 4. The monoisotopic (exact) mass is 462 g/mol. The van der Waals surface area contributed by atoms with E-state index in [1.165, 1.54) is 51.4 Å². The van der Waals surface area contributed by atoms with Gasteiger partial charge in [0, 0.05) is 6.42 Å². The molecule has 8 heteroatoms. The van der Waals surface area contributed by atoms with E-state index in [-0.39, 0.29) is 12.5 Å². The minimum atomic E-state index is -1.46. The van der Waals surface area contributed by atoms with E-state index in [1.54, 1.807) is 0 Å². The number of hydrogen-bond donors (Lipinski definition) is 5. The van der Waals surface area contributed by atoms with Crippen molar-refractivity contribution in [1.82, 2.24) is 0 Å². The van der Waals surface area contributed by atoms with Gasteiger partial charge in [-0.2, -0.15) is 0 Å². The van der Waals surface area contributed by atoms with Gasteiger partial charge in [0.25, 0.3) is 0 Å². The molecule has 8 nitrogen and oxygen atoms in total. The maximum atomic E-state index is 10.8. The average molecular weight is 463 g/mol. The molecule has 6 unspecified atom stereocenters. The van der Waals surface area contributed by atoms with Crippen LogP contribution in [0.5, 0.6) is 0 Å². The van der Waals surface area contributed by atoms with Crippen molar-refractivity contribution in [1.29, 1.82) is 0 Å². The molecule has 1 fully saturated rings. The van der Waals surface area contributed by atoms with E-state index in [0.29, 0.717) is 19.3 Å². The fourth-order valence-corrected chi connectivity index (χ4v) is 4.16.